The van der Waals surface area contributed by atoms with Gasteiger partial charge in [0.2, 0.25) is 5.91 Å². The van der Waals surface area contributed by atoms with Crippen LogP contribution in [0.25, 0.3) is 16.6 Å². The third kappa shape index (κ3) is 3.99. The number of rotatable bonds is 5. The number of nitrogens with zero attached hydrogens (tertiary/aromatic N) is 2. The van der Waals surface area contributed by atoms with Crippen LogP contribution in [0.5, 0.6) is 0 Å². The number of aliphatic hydroxyl groups is 1. The number of aromatic nitrogens is 2. The molecule has 0 saturated carbocycles. The molecule has 1 amide bonds. The van der Waals surface area contributed by atoms with Crippen molar-refractivity contribution in [3.63, 3.8) is 0 Å². The fourth-order valence-corrected chi connectivity index (χ4v) is 4.08. The number of aromatic amines is 1. The van der Waals surface area contributed by atoms with Gasteiger partial charge in [0.1, 0.15) is 18.2 Å². The zero-order valence-electron chi connectivity index (χ0n) is 15.6. The lowest BCUT2D eigenvalue weighted by molar-refractivity contribution is -0.144. The maximum atomic E-state index is 12.2. The summed E-state index contributed by atoms with van der Waals surface area (Å²) in [5.41, 5.74) is 1.95. The number of thioether (sulfide) groups is 1. The number of allylic oxidation sites excluding steroid dienone is 1. The Bertz CT molecular complexity index is 1180. The van der Waals surface area contributed by atoms with E-state index in [1.807, 2.05) is 36.4 Å². The van der Waals surface area contributed by atoms with Crippen molar-refractivity contribution in [2.75, 3.05) is 11.9 Å². The van der Waals surface area contributed by atoms with Crippen LogP contribution < -0.4 is 5.32 Å². The van der Waals surface area contributed by atoms with Gasteiger partial charge < -0.3 is 20.1 Å². The second-order valence-corrected chi connectivity index (χ2v) is 7.74. The number of aliphatic hydroxyl groups excluding tert-OH is 1. The van der Waals surface area contributed by atoms with E-state index in [0.29, 0.717) is 16.7 Å². The van der Waals surface area contributed by atoms with E-state index >= 15 is 0 Å². The summed E-state index contributed by atoms with van der Waals surface area (Å²) in [6.07, 6.45) is -0.162. The molecule has 150 valence electrons. The number of ether oxygens (including phenoxy) is 1. The average Bonchev–Trinajstić information content (AvgIpc) is 3.17. The fourth-order valence-electron chi connectivity index (χ4n) is 2.98. The van der Waals surface area contributed by atoms with E-state index in [1.54, 1.807) is 18.2 Å². The lowest BCUT2D eigenvalue weighted by Crippen LogP contribution is -2.31. The number of H-pyrrole nitrogens is 1. The van der Waals surface area contributed by atoms with Gasteiger partial charge in [0.05, 0.1) is 28.4 Å². The lowest BCUT2D eigenvalue weighted by Gasteiger charge is -2.23. The molecule has 0 fully saturated rings. The molecule has 8 nitrogen and oxygen atoms in total. The van der Waals surface area contributed by atoms with E-state index in [4.69, 9.17) is 4.74 Å². The van der Waals surface area contributed by atoms with E-state index in [-0.39, 0.29) is 23.7 Å². The van der Waals surface area contributed by atoms with Crippen LogP contribution in [0.2, 0.25) is 0 Å². The number of carbonyl (C=O) groups is 2. The molecule has 0 spiro atoms. The van der Waals surface area contributed by atoms with Crippen molar-refractivity contribution in [2.45, 2.75) is 16.6 Å². The molecule has 0 radical (unpaired) electrons. The summed E-state index contributed by atoms with van der Waals surface area (Å²) in [5, 5.41) is 21.8. The summed E-state index contributed by atoms with van der Waals surface area (Å²) in [4.78, 5) is 32.5. The van der Waals surface area contributed by atoms with Crippen molar-refractivity contribution in [1.29, 1.82) is 5.26 Å². The van der Waals surface area contributed by atoms with E-state index in [0.717, 1.165) is 4.90 Å². The van der Waals surface area contributed by atoms with Gasteiger partial charge in [-0.05, 0) is 24.3 Å². The Hall–Kier alpha value is -3.77. The van der Waals surface area contributed by atoms with Crippen molar-refractivity contribution in [2.24, 2.45) is 0 Å². The van der Waals surface area contributed by atoms with Crippen LogP contribution in [-0.4, -0.2) is 38.8 Å². The molecule has 3 N–H and O–H groups in total. The third-order valence-electron chi connectivity index (χ3n) is 4.46. The van der Waals surface area contributed by atoms with Gasteiger partial charge in [-0.15, -0.1) is 11.8 Å². The summed E-state index contributed by atoms with van der Waals surface area (Å²) >= 11 is 1.28. The Morgan fingerprint density at radius 3 is 2.80 bits per heavy atom. The normalized spacial score (nSPS) is 16.2. The highest BCUT2D eigenvalue weighted by Gasteiger charge is 2.29. The molecule has 0 bridgehead atoms. The maximum Gasteiger partial charge on any atom is 0.307 e. The Morgan fingerprint density at radius 1 is 1.23 bits per heavy atom. The number of hydrogen-bond acceptors (Lipinski definition) is 7. The van der Waals surface area contributed by atoms with E-state index in [2.05, 4.69) is 15.3 Å². The van der Waals surface area contributed by atoms with Crippen molar-refractivity contribution >= 4 is 45.9 Å². The number of fused-ring (bicyclic) bond motifs is 2. The second kappa shape index (κ2) is 8.31. The minimum Gasteiger partial charge on any atom is -0.507 e. The second-order valence-electron chi connectivity index (χ2n) is 6.49. The largest absolute Gasteiger partial charge is 0.507 e. The monoisotopic (exact) mass is 420 g/mol. The van der Waals surface area contributed by atoms with Gasteiger partial charge in [-0.25, -0.2) is 4.98 Å². The first-order chi connectivity index (χ1) is 14.5. The molecule has 2 aromatic carbocycles. The Balaban J connectivity index is 1.41. The molecule has 30 heavy (non-hydrogen) atoms. The summed E-state index contributed by atoms with van der Waals surface area (Å²) in [5.74, 6) is -1.17. The average molecular weight is 420 g/mol. The minimum absolute atomic E-state index is 0.113. The standard InChI is InChI=1S/C21H16N4O4S/c22-10-12(20-23-13-5-1-2-6-14(13)24-20)16(26)11-29-19(27)9-18-21(28)25-15-7-3-4-8-17(15)30-18/h1-8,18,26H,9,11H2,(H,23,24)(H,25,28)/b16-12-. The number of anilines is 1. The zero-order valence-corrected chi connectivity index (χ0v) is 16.4. The van der Waals surface area contributed by atoms with Crippen LogP contribution in [0.1, 0.15) is 12.2 Å². The molecule has 0 saturated heterocycles. The number of imidazole rings is 1. The van der Waals surface area contributed by atoms with Crippen LogP contribution in [-0.2, 0) is 14.3 Å². The van der Waals surface area contributed by atoms with Crippen molar-refractivity contribution in [3.05, 3.63) is 60.1 Å². The number of para-hydroxylation sites is 3. The molecule has 1 unspecified atom stereocenters. The first-order valence-corrected chi connectivity index (χ1v) is 9.92. The Kier molecular flexibility index (Phi) is 5.41. The number of hydrogen-bond donors (Lipinski definition) is 3. The summed E-state index contributed by atoms with van der Waals surface area (Å²) < 4.78 is 5.09. The zero-order chi connectivity index (χ0) is 21.1. The molecule has 1 aromatic heterocycles. The Morgan fingerprint density at radius 2 is 2.00 bits per heavy atom. The lowest BCUT2D eigenvalue weighted by atomic mass is 10.2. The third-order valence-corrected chi connectivity index (χ3v) is 5.73. The Labute approximate surface area is 175 Å². The number of nitrogens with one attached hydrogen (secondary N) is 2. The van der Waals surface area contributed by atoms with Crippen LogP contribution in [0.4, 0.5) is 5.69 Å². The van der Waals surface area contributed by atoms with Gasteiger partial charge in [0.15, 0.2) is 11.6 Å². The van der Waals surface area contributed by atoms with Gasteiger partial charge in [-0.3, -0.25) is 9.59 Å². The van der Waals surface area contributed by atoms with Gasteiger partial charge in [-0.1, -0.05) is 24.3 Å². The van der Waals surface area contributed by atoms with Crippen LogP contribution in [0.15, 0.2) is 59.2 Å². The molecular formula is C21H16N4O4S. The summed E-state index contributed by atoms with van der Waals surface area (Å²) in [6, 6.07) is 16.4. The predicted octanol–water partition coefficient (Wildman–Crippen LogP) is 3.40. The molecule has 0 aliphatic carbocycles. The summed E-state index contributed by atoms with van der Waals surface area (Å²) in [6.45, 7) is -0.492. The smallest absolute Gasteiger partial charge is 0.307 e. The number of esters is 1. The van der Waals surface area contributed by atoms with Gasteiger partial charge in [-0.2, -0.15) is 5.26 Å². The number of carbonyl (C=O) groups excluding carboxylic acids is 2. The van der Waals surface area contributed by atoms with Gasteiger partial charge in [0.25, 0.3) is 0 Å². The molecule has 1 atom stereocenters. The molecule has 3 aromatic rings. The predicted molar refractivity (Wildman–Crippen MR) is 112 cm³/mol. The van der Waals surface area contributed by atoms with E-state index in [9.17, 15) is 20.0 Å². The molecule has 1 aliphatic rings. The van der Waals surface area contributed by atoms with Crippen molar-refractivity contribution in [1.82, 2.24) is 9.97 Å². The van der Waals surface area contributed by atoms with Crippen molar-refractivity contribution in [3.8, 4) is 6.07 Å². The van der Waals surface area contributed by atoms with Crippen LogP contribution >= 0.6 is 11.8 Å². The summed E-state index contributed by atoms with van der Waals surface area (Å²) in [7, 11) is 0. The minimum atomic E-state index is -0.657. The molecule has 9 heteroatoms. The molecule has 1 aliphatic heterocycles. The maximum absolute atomic E-state index is 12.2. The van der Waals surface area contributed by atoms with E-state index in [1.165, 1.54) is 11.8 Å². The molecular weight excluding hydrogens is 404 g/mol. The topological polar surface area (TPSA) is 128 Å². The SMILES string of the molecule is N#C/C(=C(/O)COC(=O)CC1Sc2ccccc2NC1=O)c1nc2ccccc2[nH]1. The quantitative estimate of drug-likeness (QED) is 0.328. The van der Waals surface area contributed by atoms with Crippen molar-refractivity contribution < 1.29 is 19.4 Å². The molecule has 2 heterocycles. The first kappa shape index (κ1) is 19.5. The number of nitriles is 1. The number of benzene rings is 2. The highest BCUT2D eigenvalue weighted by molar-refractivity contribution is 8.01. The highest BCUT2D eigenvalue weighted by Crippen LogP contribution is 2.36. The van der Waals surface area contributed by atoms with Gasteiger partial charge >= 0.3 is 5.97 Å². The first-order valence-electron chi connectivity index (χ1n) is 9.04. The number of amides is 1. The highest BCUT2D eigenvalue weighted by atomic mass is 32.2. The molecule has 4 rings (SSSR count). The van der Waals surface area contributed by atoms with Crippen LogP contribution in [0, 0.1) is 11.3 Å². The fraction of sp³-hybridized carbons (Fsp3) is 0.143. The van der Waals surface area contributed by atoms with Crippen LogP contribution in [0.3, 0.4) is 0 Å². The van der Waals surface area contributed by atoms with Gasteiger partial charge in [0, 0.05) is 4.90 Å². The van der Waals surface area contributed by atoms with E-state index < -0.39 is 23.6 Å².